The van der Waals surface area contributed by atoms with Crippen molar-refractivity contribution in [3.63, 3.8) is 0 Å². The Morgan fingerprint density at radius 1 is 1.00 bits per heavy atom. The smallest absolute Gasteiger partial charge is 0.253 e. The molecule has 0 bridgehead atoms. The van der Waals surface area contributed by atoms with Gasteiger partial charge in [0.2, 0.25) is 5.95 Å². The first kappa shape index (κ1) is 15.5. The van der Waals surface area contributed by atoms with E-state index in [4.69, 9.17) is 4.98 Å². The Hall–Kier alpha value is -3.02. The predicted molar refractivity (Wildman–Crippen MR) is 96.9 cm³/mol. The molecule has 0 spiro atoms. The van der Waals surface area contributed by atoms with Gasteiger partial charge in [-0.2, -0.15) is 0 Å². The number of aromatic nitrogens is 2. The number of nitrogens with zero attached hydrogens (tertiary/aromatic N) is 4. The topological polar surface area (TPSA) is 61.6 Å². The molecule has 0 atom stereocenters. The van der Waals surface area contributed by atoms with Crippen LogP contribution in [0.5, 0.6) is 5.75 Å². The number of aromatic hydroxyl groups is 1. The first-order valence-electron chi connectivity index (χ1n) is 8.38. The van der Waals surface area contributed by atoms with E-state index in [1.165, 1.54) is 0 Å². The summed E-state index contributed by atoms with van der Waals surface area (Å²) >= 11 is 0. The van der Waals surface area contributed by atoms with Crippen LogP contribution in [0.3, 0.4) is 0 Å². The monoisotopic (exact) mass is 336 g/mol. The number of phenols is 1. The van der Waals surface area contributed by atoms with E-state index in [-0.39, 0.29) is 11.7 Å². The summed E-state index contributed by atoms with van der Waals surface area (Å²) in [6, 6.07) is 14.5. The van der Waals surface area contributed by atoms with E-state index < -0.39 is 0 Å². The van der Waals surface area contributed by atoms with Crippen LogP contribution >= 0.6 is 0 Å². The van der Waals surface area contributed by atoms with Gasteiger partial charge in [-0.25, -0.2) is 4.98 Å². The maximum Gasteiger partial charge on any atom is 0.253 e. The van der Waals surface area contributed by atoms with Crippen molar-refractivity contribution in [1.29, 1.82) is 0 Å². The summed E-state index contributed by atoms with van der Waals surface area (Å²) in [5.41, 5.74) is 2.71. The maximum absolute atomic E-state index is 12.6. The van der Waals surface area contributed by atoms with Gasteiger partial charge in [-0.1, -0.05) is 12.1 Å². The minimum absolute atomic E-state index is 0.00431. The zero-order valence-corrected chi connectivity index (χ0v) is 14.1. The van der Waals surface area contributed by atoms with Crippen LogP contribution in [-0.2, 0) is 7.05 Å². The van der Waals surface area contributed by atoms with Crippen LogP contribution in [0.25, 0.3) is 11.0 Å². The Morgan fingerprint density at radius 2 is 1.68 bits per heavy atom. The third-order valence-corrected chi connectivity index (χ3v) is 4.73. The molecule has 4 rings (SSSR count). The van der Waals surface area contributed by atoms with Crippen molar-refractivity contribution in [3.8, 4) is 5.75 Å². The molecule has 1 saturated heterocycles. The zero-order valence-electron chi connectivity index (χ0n) is 14.1. The molecule has 1 aliphatic heterocycles. The average molecular weight is 336 g/mol. The standard InChI is InChI=1S/C19H20N4O2/c1-21-17-5-3-2-4-16(17)20-19(21)23-12-10-22(11-13-23)18(25)14-6-8-15(24)9-7-14/h2-9,24H,10-13H2,1H3. The molecule has 0 radical (unpaired) electrons. The molecule has 1 fully saturated rings. The van der Waals surface area contributed by atoms with Crippen LogP contribution in [0.2, 0.25) is 0 Å². The predicted octanol–water partition coefficient (Wildman–Crippen LogP) is 2.24. The highest BCUT2D eigenvalue weighted by atomic mass is 16.3. The summed E-state index contributed by atoms with van der Waals surface area (Å²) in [6.07, 6.45) is 0. The minimum atomic E-state index is 0.00431. The molecular formula is C19H20N4O2. The first-order chi connectivity index (χ1) is 12.1. The van der Waals surface area contributed by atoms with Crippen molar-refractivity contribution < 1.29 is 9.90 Å². The van der Waals surface area contributed by atoms with Gasteiger partial charge < -0.3 is 19.5 Å². The molecule has 6 nitrogen and oxygen atoms in total. The minimum Gasteiger partial charge on any atom is -0.508 e. The van der Waals surface area contributed by atoms with E-state index in [0.717, 1.165) is 30.1 Å². The number of hydrogen-bond donors (Lipinski definition) is 1. The number of amides is 1. The molecule has 1 N–H and O–H groups in total. The third kappa shape index (κ3) is 2.80. The second kappa shape index (κ2) is 6.12. The Labute approximate surface area is 145 Å². The van der Waals surface area contributed by atoms with Gasteiger partial charge in [-0.3, -0.25) is 4.79 Å². The molecule has 1 aromatic heterocycles. The van der Waals surface area contributed by atoms with Crippen LogP contribution < -0.4 is 4.90 Å². The molecule has 1 aliphatic rings. The van der Waals surface area contributed by atoms with E-state index in [1.54, 1.807) is 24.3 Å². The van der Waals surface area contributed by atoms with Gasteiger partial charge in [0.25, 0.3) is 5.91 Å². The van der Waals surface area contributed by atoms with E-state index in [0.29, 0.717) is 18.7 Å². The summed E-state index contributed by atoms with van der Waals surface area (Å²) in [5.74, 6) is 1.12. The van der Waals surface area contributed by atoms with Gasteiger partial charge in [0, 0.05) is 38.8 Å². The average Bonchev–Trinajstić information content (AvgIpc) is 2.99. The summed E-state index contributed by atoms with van der Waals surface area (Å²) in [7, 11) is 2.03. The summed E-state index contributed by atoms with van der Waals surface area (Å²) < 4.78 is 2.10. The van der Waals surface area contributed by atoms with Crippen LogP contribution in [-0.4, -0.2) is 51.6 Å². The zero-order chi connectivity index (χ0) is 17.4. The highest BCUT2D eigenvalue weighted by Crippen LogP contribution is 2.22. The fourth-order valence-corrected chi connectivity index (χ4v) is 3.31. The van der Waals surface area contributed by atoms with E-state index in [1.807, 2.05) is 30.1 Å². The number of aryl methyl sites for hydroxylation is 1. The number of benzene rings is 2. The summed E-state index contributed by atoms with van der Waals surface area (Å²) in [5, 5.41) is 9.35. The highest BCUT2D eigenvalue weighted by molar-refractivity contribution is 5.94. The molecule has 6 heteroatoms. The van der Waals surface area contributed by atoms with Crippen molar-refractivity contribution in [1.82, 2.24) is 14.5 Å². The third-order valence-electron chi connectivity index (χ3n) is 4.73. The number of fused-ring (bicyclic) bond motifs is 1. The van der Waals surface area contributed by atoms with E-state index >= 15 is 0 Å². The fourth-order valence-electron chi connectivity index (χ4n) is 3.31. The quantitative estimate of drug-likeness (QED) is 0.780. The first-order valence-corrected chi connectivity index (χ1v) is 8.38. The molecule has 2 aromatic carbocycles. The number of rotatable bonds is 2. The largest absolute Gasteiger partial charge is 0.508 e. The molecule has 25 heavy (non-hydrogen) atoms. The normalized spacial score (nSPS) is 14.9. The number of carbonyl (C=O) groups is 1. The lowest BCUT2D eigenvalue weighted by Gasteiger charge is -2.35. The van der Waals surface area contributed by atoms with Crippen LogP contribution in [0, 0.1) is 0 Å². The lowest BCUT2D eigenvalue weighted by Crippen LogP contribution is -2.49. The Kier molecular flexibility index (Phi) is 3.80. The number of phenolic OH excluding ortho intramolecular Hbond substituents is 1. The SMILES string of the molecule is Cn1c(N2CCN(C(=O)c3ccc(O)cc3)CC2)nc2ccccc21. The number of imidazole rings is 1. The second-order valence-electron chi connectivity index (χ2n) is 6.29. The number of anilines is 1. The van der Waals surface area contributed by atoms with E-state index in [9.17, 15) is 9.90 Å². The van der Waals surface area contributed by atoms with Gasteiger partial charge >= 0.3 is 0 Å². The Bertz CT molecular complexity index is 909. The number of hydrogen-bond acceptors (Lipinski definition) is 4. The van der Waals surface area contributed by atoms with Crippen molar-refractivity contribution in [2.45, 2.75) is 0 Å². The lowest BCUT2D eigenvalue weighted by molar-refractivity contribution is 0.0746. The summed E-state index contributed by atoms with van der Waals surface area (Å²) in [4.78, 5) is 21.4. The highest BCUT2D eigenvalue weighted by Gasteiger charge is 2.24. The molecule has 1 amide bonds. The van der Waals surface area contributed by atoms with Crippen LogP contribution in [0.15, 0.2) is 48.5 Å². The van der Waals surface area contributed by atoms with Crippen molar-refractivity contribution in [3.05, 3.63) is 54.1 Å². The molecule has 128 valence electrons. The van der Waals surface area contributed by atoms with Crippen molar-refractivity contribution >= 4 is 22.9 Å². The number of carbonyl (C=O) groups excluding carboxylic acids is 1. The maximum atomic E-state index is 12.6. The van der Waals surface area contributed by atoms with Crippen LogP contribution in [0.4, 0.5) is 5.95 Å². The Balaban J connectivity index is 1.48. The van der Waals surface area contributed by atoms with Gasteiger partial charge in [-0.15, -0.1) is 0 Å². The van der Waals surface area contributed by atoms with Crippen molar-refractivity contribution in [2.75, 3.05) is 31.1 Å². The number of piperazine rings is 1. The molecule has 0 unspecified atom stereocenters. The van der Waals surface area contributed by atoms with Gasteiger partial charge in [-0.05, 0) is 36.4 Å². The van der Waals surface area contributed by atoms with Gasteiger partial charge in [0.05, 0.1) is 11.0 Å². The number of para-hydroxylation sites is 2. The second-order valence-corrected chi connectivity index (χ2v) is 6.29. The molecular weight excluding hydrogens is 316 g/mol. The van der Waals surface area contributed by atoms with Crippen molar-refractivity contribution in [2.24, 2.45) is 7.05 Å². The van der Waals surface area contributed by atoms with Gasteiger partial charge in [0.15, 0.2) is 0 Å². The van der Waals surface area contributed by atoms with Crippen LogP contribution in [0.1, 0.15) is 10.4 Å². The molecule has 0 saturated carbocycles. The molecule has 3 aromatic rings. The van der Waals surface area contributed by atoms with E-state index in [2.05, 4.69) is 15.5 Å². The Morgan fingerprint density at radius 3 is 2.36 bits per heavy atom. The fraction of sp³-hybridized carbons (Fsp3) is 0.263. The molecule has 2 heterocycles. The summed E-state index contributed by atoms with van der Waals surface area (Å²) in [6.45, 7) is 2.81. The lowest BCUT2D eigenvalue weighted by atomic mass is 10.1. The molecule has 0 aliphatic carbocycles. The van der Waals surface area contributed by atoms with Gasteiger partial charge in [0.1, 0.15) is 5.75 Å².